The molecule has 0 saturated heterocycles. The summed E-state index contributed by atoms with van der Waals surface area (Å²) in [7, 11) is 0. The highest BCUT2D eigenvalue weighted by atomic mass is 19.1. The molecule has 0 bridgehead atoms. The first kappa shape index (κ1) is 17.7. The SMILES string of the molecule is Cc1cccc2c1/C(=C\Nc1ccc(NCc3ccccn3)c(F)c1)C(=O)N2. The number of aromatic nitrogens is 1. The molecule has 2 heterocycles. The van der Waals surface area contributed by atoms with E-state index >= 15 is 0 Å². The predicted molar refractivity (Wildman–Crippen MR) is 109 cm³/mol. The Morgan fingerprint density at radius 1 is 1.14 bits per heavy atom. The van der Waals surface area contributed by atoms with Crippen LogP contribution in [0.15, 0.2) is 67.0 Å². The van der Waals surface area contributed by atoms with E-state index in [-0.39, 0.29) is 11.7 Å². The third-order valence-electron chi connectivity index (χ3n) is 4.57. The molecular formula is C22H19FN4O. The van der Waals surface area contributed by atoms with Crippen molar-refractivity contribution in [2.24, 2.45) is 0 Å². The number of hydrogen-bond donors (Lipinski definition) is 3. The summed E-state index contributed by atoms with van der Waals surface area (Å²) in [4.78, 5) is 16.4. The minimum Gasteiger partial charge on any atom is -0.377 e. The molecule has 28 heavy (non-hydrogen) atoms. The molecule has 6 heteroatoms. The molecule has 1 aromatic heterocycles. The lowest BCUT2D eigenvalue weighted by Crippen LogP contribution is -2.06. The lowest BCUT2D eigenvalue weighted by atomic mass is 10.0. The van der Waals surface area contributed by atoms with Crippen molar-refractivity contribution < 1.29 is 9.18 Å². The third kappa shape index (κ3) is 3.57. The minimum absolute atomic E-state index is 0.175. The Morgan fingerprint density at radius 2 is 2.04 bits per heavy atom. The highest BCUT2D eigenvalue weighted by Gasteiger charge is 2.25. The van der Waals surface area contributed by atoms with Gasteiger partial charge in [0.05, 0.1) is 23.5 Å². The van der Waals surface area contributed by atoms with Crippen LogP contribution in [0.25, 0.3) is 5.57 Å². The number of nitrogens with zero attached hydrogens (tertiary/aromatic N) is 1. The molecular weight excluding hydrogens is 355 g/mol. The molecule has 3 N–H and O–H groups in total. The summed E-state index contributed by atoms with van der Waals surface area (Å²) < 4.78 is 14.4. The average molecular weight is 374 g/mol. The molecule has 1 aliphatic rings. The van der Waals surface area contributed by atoms with Crippen molar-refractivity contribution in [2.75, 3.05) is 16.0 Å². The fraction of sp³-hybridized carbons (Fsp3) is 0.0909. The van der Waals surface area contributed by atoms with Crippen LogP contribution in [0.2, 0.25) is 0 Å². The number of anilines is 3. The number of benzene rings is 2. The van der Waals surface area contributed by atoms with E-state index in [0.717, 1.165) is 22.5 Å². The van der Waals surface area contributed by atoms with E-state index < -0.39 is 0 Å². The monoisotopic (exact) mass is 374 g/mol. The fourth-order valence-corrected chi connectivity index (χ4v) is 3.16. The zero-order chi connectivity index (χ0) is 19.5. The van der Waals surface area contributed by atoms with E-state index in [9.17, 15) is 9.18 Å². The maximum atomic E-state index is 14.4. The van der Waals surface area contributed by atoms with Gasteiger partial charge in [0.1, 0.15) is 5.82 Å². The van der Waals surface area contributed by atoms with Gasteiger partial charge in [-0.15, -0.1) is 0 Å². The highest BCUT2D eigenvalue weighted by molar-refractivity contribution is 6.32. The molecule has 0 radical (unpaired) electrons. The Morgan fingerprint density at radius 3 is 2.82 bits per heavy atom. The van der Waals surface area contributed by atoms with Crippen LogP contribution in [0, 0.1) is 12.7 Å². The first-order chi connectivity index (χ1) is 13.6. The van der Waals surface area contributed by atoms with Gasteiger partial charge in [0.25, 0.3) is 5.91 Å². The van der Waals surface area contributed by atoms with Gasteiger partial charge < -0.3 is 16.0 Å². The van der Waals surface area contributed by atoms with Crippen LogP contribution in [0.4, 0.5) is 21.5 Å². The quantitative estimate of drug-likeness (QED) is 0.574. The van der Waals surface area contributed by atoms with Crippen LogP contribution >= 0.6 is 0 Å². The van der Waals surface area contributed by atoms with E-state index in [1.165, 1.54) is 6.07 Å². The van der Waals surface area contributed by atoms with Crippen LogP contribution < -0.4 is 16.0 Å². The largest absolute Gasteiger partial charge is 0.377 e. The van der Waals surface area contributed by atoms with Gasteiger partial charge in [0.2, 0.25) is 0 Å². The number of amides is 1. The van der Waals surface area contributed by atoms with Crippen LogP contribution in [0.3, 0.4) is 0 Å². The lowest BCUT2D eigenvalue weighted by Gasteiger charge is -2.09. The topological polar surface area (TPSA) is 66.0 Å². The second kappa shape index (κ2) is 7.52. The van der Waals surface area contributed by atoms with E-state index in [1.807, 2.05) is 43.3 Å². The number of fused-ring (bicyclic) bond motifs is 1. The molecule has 2 aromatic carbocycles. The number of hydrogen-bond acceptors (Lipinski definition) is 4. The van der Waals surface area contributed by atoms with Crippen LogP contribution in [0.1, 0.15) is 16.8 Å². The lowest BCUT2D eigenvalue weighted by molar-refractivity contribution is -0.110. The molecule has 0 fully saturated rings. The Hall–Kier alpha value is -3.67. The van der Waals surface area contributed by atoms with Crippen molar-refractivity contribution in [1.29, 1.82) is 0 Å². The maximum absolute atomic E-state index is 14.4. The van der Waals surface area contributed by atoms with Gasteiger partial charge in [-0.3, -0.25) is 9.78 Å². The predicted octanol–water partition coefficient (Wildman–Crippen LogP) is 4.55. The molecule has 3 aromatic rings. The Balaban J connectivity index is 1.49. The second-order valence-corrected chi connectivity index (χ2v) is 6.52. The summed E-state index contributed by atoms with van der Waals surface area (Å²) >= 11 is 0. The summed E-state index contributed by atoms with van der Waals surface area (Å²) in [6.07, 6.45) is 3.32. The van der Waals surface area contributed by atoms with Crippen molar-refractivity contribution in [3.63, 3.8) is 0 Å². The van der Waals surface area contributed by atoms with Crippen molar-refractivity contribution in [3.05, 3.63) is 89.6 Å². The van der Waals surface area contributed by atoms with E-state index in [2.05, 4.69) is 20.9 Å². The van der Waals surface area contributed by atoms with Crippen LogP contribution in [-0.4, -0.2) is 10.9 Å². The molecule has 1 aliphatic heterocycles. The molecule has 0 unspecified atom stereocenters. The Bertz CT molecular complexity index is 1060. The first-order valence-electron chi connectivity index (χ1n) is 8.93. The van der Waals surface area contributed by atoms with Crippen LogP contribution in [-0.2, 0) is 11.3 Å². The molecule has 140 valence electrons. The van der Waals surface area contributed by atoms with Crippen LogP contribution in [0.5, 0.6) is 0 Å². The van der Waals surface area contributed by atoms with E-state index in [0.29, 0.717) is 23.5 Å². The summed E-state index contributed by atoms with van der Waals surface area (Å²) in [5, 5.41) is 8.90. The summed E-state index contributed by atoms with van der Waals surface area (Å²) in [5.41, 5.74) is 4.98. The number of pyridine rings is 1. The molecule has 0 aliphatic carbocycles. The van der Waals surface area contributed by atoms with Gasteiger partial charge in [-0.25, -0.2) is 4.39 Å². The fourth-order valence-electron chi connectivity index (χ4n) is 3.16. The number of rotatable bonds is 5. The summed E-state index contributed by atoms with van der Waals surface area (Å²) in [5.74, 6) is -0.558. The highest BCUT2D eigenvalue weighted by Crippen LogP contribution is 2.34. The number of halogens is 1. The van der Waals surface area contributed by atoms with Crippen molar-refractivity contribution >= 4 is 28.5 Å². The number of carbonyl (C=O) groups excluding carboxylic acids is 1. The van der Waals surface area contributed by atoms with Crippen molar-refractivity contribution in [3.8, 4) is 0 Å². The van der Waals surface area contributed by atoms with Gasteiger partial charge in [-0.2, -0.15) is 0 Å². The van der Waals surface area contributed by atoms with Gasteiger partial charge in [0.15, 0.2) is 0 Å². The maximum Gasteiger partial charge on any atom is 0.257 e. The molecule has 4 rings (SSSR count). The Kier molecular flexibility index (Phi) is 4.76. The third-order valence-corrected chi connectivity index (χ3v) is 4.57. The second-order valence-electron chi connectivity index (χ2n) is 6.52. The molecule has 0 saturated carbocycles. The molecule has 5 nitrogen and oxygen atoms in total. The summed E-state index contributed by atoms with van der Waals surface area (Å²) in [6, 6.07) is 16.1. The molecule has 0 spiro atoms. The normalized spacial score (nSPS) is 13.9. The van der Waals surface area contributed by atoms with E-state index in [4.69, 9.17) is 0 Å². The smallest absolute Gasteiger partial charge is 0.257 e. The Labute approximate surface area is 162 Å². The van der Waals surface area contributed by atoms with Gasteiger partial charge in [-0.1, -0.05) is 18.2 Å². The standard InChI is InChI=1S/C22H19FN4O/c1-14-5-4-7-20-21(14)17(22(28)27-20)13-25-15-8-9-19(18(23)11-15)26-12-16-6-2-3-10-24-16/h2-11,13,25-26H,12H2,1H3,(H,27,28)/b17-13+. The zero-order valence-electron chi connectivity index (χ0n) is 15.3. The van der Waals surface area contributed by atoms with Crippen molar-refractivity contribution in [2.45, 2.75) is 13.5 Å². The van der Waals surface area contributed by atoms with Gasteiger partial charge in [-0.05, 0) is 48.9 Å². The van der Waals surface area contributed by atoms with Crippen molar-refractivity contribution in [1.82, 2.24) is 4.98 Å². The van der Waals surface area contributed by atoms with Gasteiger partial charge >= 0.3 is 0 Å². The number of carbonyl (C=O) groups is 1. The minimum atomic E-state index is -0.383. The molecule has 0 atom stereocenters. The average Bonchev–Trinajstić information content (AvgIpc) is 3.03. The number of nitrogens with one attached hydrogen (secondary N) is 3. The number of aryl methyl sites for hydroxylation is 1. The zero-order valence-corrected chi connectivity index (χ0v) is 15.3. The van der Waals surface area contributed by atoms with E-state index in [1.54, 1.807) is 24.5 Å². The first-order valence-corrected chi connectivity index (χ1v) is 8.93. The van der Waals surface area contributed by atoms with Gasteiger partial charge in [0, 0.05) is 29.3 Å². The summed E-state index contributed by atoms with van der Waals surface area (Å²) in [6.45, 7) is 2.39. The molecule has 1 amide bonds.